The maximum Gasteiger partial charge on any atom is 0.118 e. The van der Waals surface area contributed by atoms with Crippen molar-refractivity contribution in [3.8, 4) is 5.75 Å². The molecule has 0 aromatic heterocycles. The molecule has 3 nitrogen and oxygen atoms in total. The summed E-state index contributed by atoms with van der Waals surface area (Å²) in [7, 11) is 1.67. The quantitative estimate of drug-likeness (QED) is 0.549. The highest BCUT2D eigenvalue weighted by atomic mass is 16.6. The van der Waals surface area contributed by atoms with Crippen LogP contribution in [0.1, 0.15) is 18.9 Å². The van der Waals surface area contributed by atoms with Gasteiger partial charge in [-0.1, -0.05) is 18.2 Å². The van der Waals surface area contributed by atoms with Gasteiger partial charge in [0.1, 0.15) is 11.9 Å². The van der Waals surface area contributed by atoms with E-state index in [-0.39, 0.29) is 12.2 Å². The molecule has 2 rings (SSSR count). The second-order valence-corrected chi connectivity index (χ2v) is 4.58. The lowest BCUT2D eigenvalue weighted by molar-refractivity contribution is 0.0426. The van der Waals surface area contributed by atoms with E-state index in [1.807, 2.05) is 30.3 Å². The summed E-state index contributed by atoms with van der Waals surface area (Å²) in [5.41, 5.74) is 1.15. The van der Waals surface area contributed by atoms with Crippen LogP contribution in [0, 0.1) is 0 Å². The second-order valence-electron chi connectivity index (χ2n) is 4.58. The van der Waals surface area contributed by atoms with Gasteiger partial charge in [0.2, 0.25) is 0 Å². The molecule has 1 aliphatic rings. The lowest BCUT2D eigenvalue weighted by Crippen LogP contribution is -2.12. The Bertz CT molecular complexity index is 385. The van der Waals surface area contributed by atoms with Crippen molar-refractivity contribution in [2.45, 2.75) is 38.3 Å². The third kappa shape index (κ3) is 3.59. The maximum atomic E-state index is 5.79. The van der Waals surface area contributed by atoms with Crippen molar-refractivity contribution in [1.82, 2.24) is 0 Å². The van der Waals surface area contributed by atoms with E-state index < -0.39 is 0 Å². The molecule has 18 heavy (non-hydrogen) atoms. The van der Waals surface area contributed by atoms with Crippen molar-refractivity contribution >= 4 is 0 Å². The Hall–Kier alpha value is -1.32. The summed E-state index contributed by atoms with van der Waals surface area (Å²) in [6, 6.07) is 7.93. The molecule has 0 amide bonds. The molecule has 0 spiro atoms. The number of benzene rings is 1. The molecule has 3 heteroatoms. The Balaban J connectivity index is 1.71. The molecule has 0 N–H and O–H groups in total. The Labute approximate surface area is 108 Å². The standard InChI is InChI=1S/C15H20O3/c1-4-14-15(18-14)9-11(2)17-10-12-5-7-13(16-3)8-6-12/h4-8,11,14-15H,1,9-10H2,2-3H3/t11-,14-,15+/m1/s1. The van der Waals surface area contributed by atoms with E-state index in [9.17, 15) is 0 Å². The fraction of sp³-hybridized carbons (Fsp3) is 0.467. The van der Waals surface area contributed by atoms with E-state index in [1.165, 1.54) is 0 Å². The van der Waals surface area contributed by atoms with Gasteiger partial charge in [-0.15, -0.1) is 6.58 Å². The zero-order valence-electron chi connectivity index (χ0n) is 11.0. The van der Waals surface area contributed by atoms with Crippen molar-refractivity contribution < 1.29 is 14.2 Å². The van der Waals surface area contributed by atoms with Crippen molar-refractivity contribution in [2.75, 3.05) is 7.11 Å². The van der Waals surface area contributed by atoms with Crippen LogP contribution in [0.15, 0.2) is 36.9 Å². The monoisotopic (exact) mass is 248 g/mol. The van der Waals surface area contributed by atoms with Gasteiger partial charge in [-0.2, -0.15) is 0 Å². The fourth-order valence-corrected chi connectivity index (χ4v) is 1.91. The molecule has 0 radical (unpaired) electrons. The predicted molar refractivity (Wildman–Crippen MR) is 70.7 cm³/mol. The Morgan fingerprint density at radius 2 is 2.11 bits per heavy atom. The molecule has 1 aromatic carbocycles. The van der Waals surface area contributed by atoms with E-state index >= 15 is 0 Å². The van der Waals surface area contributed by atoms with Crippen molar-refractivity contribution in [2.24, 2.45) is 0 Å². The van der Waals surface area contributed by atoms with E-state index in [0.29, 0.717) is 12.7 Å². The van der Waals surface area contributed by atoms with Crippen molar-refractivity contribution in [3.05, 3.63) is 42.5 Å². The summed E-state index contributed by atoms with van der Waals surface area (Å²) in [6.45, 7) is 6.41. The molecule has 0 aliphatic carbocycles. The molecule has 1 aliphatic heterocycles. The highest BCUT2D eigenvalue weighted by Gasteiger charge is 2.36. The first kappa shape index (κ1) is 13.1. The Kier molecular flexibility index (Phi) is 4.39. The van der Waals surface area contributed by atoms with E-state index in [1.54, 1.807) is 7.11 Å². The summed E-state index contributed by atoms with van der Waals surface area (Å²) < 4.78 is 16.3. The van der Waals surface area contributed by atoms with Crippen LogP contribution >= 0.6 is 0 Å². The molecule has 1 fully saturated rings. The number of epoxide rings is 1. The third-order valence-corrected chi connectivity index (χ3v) is 3.11. The molecule has 0 bridgehead atoms. The van der Waals surface area contributed by atoms with Crippen LogP contribution in [-0.4, -0.2) is 25.4 Å². The Morgan fingerprint density at radius 3 is 2.67 bits per heavy atom. The average Bonchev–Trinajstić information content (AvgIpc) is 3.15. The molecule has 98 valence electrons. The van der Waals surface area contributed by atoms with Gasteiger partial charge in [-0.05, 0) is 24.6 Å². The van der Waals surface area contributed by atoms with Gasteiger partial charge in [0.25, 0.3) is 0 Å². The summed E-state index contributed by atoms with van der Waals surface area (Å²) in [6.07, 6.45) is 3.50. The highest BCUT2D eigenvalue weighted by Crippen LogP contribution is 2.28. The first-order chi connectivity index (χ1) is 8.72. The van der Waals surface area contributed by atoms with E-state index in [2.05, 4.69) is 13.5 Å². The zero-order chi connectivity index (χ0) is 13.0. The van der Waals surface area contributed by atoms with Gasteiger partial charge in [-0.25, -0.2) is 0 Å². The summed E-state index contributed by atoms with van der Waals surface area (Å²) in [5.74, 6) is 0.868. The number of hydrogen-bond acceptors (Lipinski definition) is 3. The normalized spacial score (nSPS) is 23.4. The number of methoxy groups -OCH3 is 1. The molecule has 0 unspecified atom stereocenters. The molecule has 3 atom stereocenters. The molecule has 0 saturated carbocycles. The largest absolute Gasteiger partial charge is 0.497 e. The highest BCUT2D eigenvalue weighted by molar-refractivity contribution is 5.26. The minimum atomic E-state index is 0.196. The van der Waals surface area contributed by atoms with Crippen LogP contribution in [0.25, 0.3) is 0 Å². The average molecular weight is 248 g/mol. The fourth-order valence-electron chi connectivity index (χ4n) is 1.91. The number of hydrogen-bond donors (Lipinski definition) is 0. The van der Waals surface area contributed by atoms with Gasteiger partial charge >= 0.3 is 0 Å². The van der Waals surface area contributed by atoms with Crippen LogP contribution < -0.4 is 4.74 Å². The lowest BCUT2D eigenvalue weighted by atomic mass is 10.1. The SMILES string of the molecule is C=C[C@H]1O[C@H]1C[C@@H](C)OCc1ccc(OC)cc1. The third-order valence-electron chi connectivity index (χ3n) is 3.11. The van der Waals surface area contributed by atoms with Crippen LogP contribution in [0.4, 0.5) is 0 Å². The van der Waals surface area contributed by atoms with E-state index in [4.69, 9.17) is 14.2 Å². The minimum absolute atomic E-state index is 0.196. The second kappa shape index (κ2) is 6.03. The van der Waals surface area contributed by atoms with Gasteiger partial charge in [0.15, 0.2) is 0 Å². The zero-order valence-corrected chi connectivity index (χ0v) is 11.0. The smallest absolute Gasteiger partial charge is 0.118 e. The summed E-state index contributed by atoms with van der Waals surface area (Å²) in [5, 5.41) is 0. The van der Waals surface area contributed by atoms with Crippen molar-refractivity contribution in [1.29, 1.82) is 0 Å². The van der Waals surface area contributed by atoms with Crippen LogP contribution in [0.2, 0.25) is 0 Å². The number of ether oxygens (including phenoxy) is 3. The van der Waals surface area contributed by atoms with Gasteiger partial charge < -0.3 is 14.2 Å². The topological polar surface area (TPSA) is 31.0 Å². The first-order valence-electron chi connectivity index (χ1n) is 6.25. The van der Waals surface area contributed by atoms with Crippen LogP contribution in [0.5, 0.6) is 5.75 Å². The molecule has 1 aromatic rings. The summed E-state index contributed by atoms with van der Waals surface area (Å²) >= 11 is 0. The van der Waals surface area contributed by atoms with Crippen molar-refractivity contribution in [3.63, 3.8) is 0 Å². The summed E-state index contributed by atoms with van der Waals surface area (Å²) in [4.78, 5) is 0. The molecular formula is C15H20O3. The lowest BCUT2D eigenvalue weighted by Gasteiger charge is -2.12. The molecule has 1 heterocycles. The minimum Gasteiger partial charge on any atom is -0.497 e. The number of rotatable bonds is 7. The Morgan fingerprint density at radius 1 is 1.39 bits per heavy atom. The van der Waals surface area contributed by atoms with Gasteiger partial charge in [-0.3, -0.25) is 0 Å². The first-order valence-corrected chi connectivity index (χ1v) is 6.25. The molecular weight excluding hydrogens is 228 g/mol. The van der Waals surface area contributed by atoms with E-state index in [0.717, 1.165) is 17.7 Å². The van der Waals surface area contributed by atoms with Gasteiger partial charge in [0.05, 0.1) is 25.9 Å². The van der Waals surface area contributed by atoms with Crippen LogP contribution in [-0.2, 0) is 16.1 Å². The molecule has 1 saturated heterocycles. The van der Waals surface area contributed by atoms with Gasteiger partial charge in [0, 0.05) is 6.42 Å². The predicted octanol–water partition coefficient (Wildman–Crippen LogP) is 2.94. The maximum absolute atomic E-state index is 5.79. The van der Waals surface area contributed by atoms with Crippen LogP contribution in [0.3, 0.4) is 0 Å².